The summed E-state index contributed by atoms with van der Waals surface area (Å²) in [6.07, 6.45) is 3.28. The van der Waals surface area contributed by atoms with E-state index in [0.717, 1.165) is 64.3 Å². The number of ether oxygens (including phenoxy) is 1. The van der Waals surface area contributed by atoms with Crippen molar-refractivity contribution >= 4 is 11.7 Å². The second kappa shape index (κ2) is 12.0. The minimum atomic E-state index is -0.0357. The molecule has 2 fully saturated rings. The van der Waals surface area contributed by atoms with Crippen molar-refractivity contribution in [2.24, 2.45) is 5.92 Å². The molecule has 2 amide bonds. The molecule has 2 N–H and O–H groups in total. The zero-order valence-electron chi connectivity index (χ0n) is 18.7. The van der Waals surface area contributed by atoms with Crippen molar-refractivity contribution in [3.63, 3.8) is 0 Å². The lowest BCUT2D eigenvalue weighted by Gasteiger charge is -2.33. The predicted molar refractivity (Wildman–Crippen MR) is 123 cm³/mol. The average Bonchev–Trinajstić information content (AvgIpc) is 3.27. The van der Waals surface area contributed by atoms with Gasteiger partial charge in [-0.1, -0.05) is 13.0 Å². The first-order valence-corrected chi connectivity index (χ1v) is 11.5. The van der Waals surface area contributed by atoms with E-state index in [1.165, 1.54) is 31.9 Å². The van der Waals surface area contributed by atoms with Gasteiger partial charge in [0.1, 0.15) is 5.75 Å². The van der Waals surface area contributed by atoms with Crippen molar-refractivity contribution < 1.29 is 9.53 Å². The van der Waals surface area contributed by atoms with E-state index in [4.69, 9.17) is 4.74 Å². The van der Waals surface area contributed by atoms with E-state index in [2.05, 4.69) is 44.4 Å². The molecule has 0 spiro atoms. The molecule has 0 radical (unpaired) electrons. The molecule has 1 aromatic carbocycles. The molecule has 0 saturated carbocycles. The van der Waals surface area contributed by atoms with E-state index in [1.807, 2.05) is 12.1 Å². The van der Waals surface area contributed by atoms with Gasteiger partial charge in [0.15, 0.2) is 0 Å². The van der Waals surface area contributed by atoms with Gasteiger partial charge >= 0.3 is 6.03 Å². The van der Waals surface area contributed by atoms with Crippen LogP contribution in [-0.2, 0) is 0 Å². The van der Waals surface area contributed by atoms with E-state index < -0.39 is 0 Å². The van der Waals surface area contributed by atoms with Crippen LogP contribution in [0.3, 0.4) is 0 Å². The number of hydrogen-bond acceptors (Lipinski definition) is 5. The Kier molecular flexibility index (Phi) is 9.08. The smallest absolute Gasteiger partial charge is 0.314 e. The van der Waals surface area contributed by atoms with Gasteiger partial charge in [-0.3, -0.25) is 0 Å². The molecule has 1 atom stereocenters. The van der Waals surface area contributed by atoms with Crippen LogP contribution in [0.1, 0.15) is 26.2 Å². The maximum absolute atomic E-state index is 12.1. The molecule has 30 heavy (non-hydrogen) atoms. The number of anilines is 1. The molecule has 3 rings (SSSR count). The van der Waals surface area contributed by atoms with Crippen LogP contribution in [0.2, 0.25) is 0 Å². The lowest BCUT2D eigenvalue weighted by Crippen LogP contribution is -2.46. The second-order valence-electron chi connectivity index (χ2n) is 8.42. The quantitative estimate of drug-likeness (QED) is 0.572. The predicted octanol–water partition coefficient (Wildman–Crippen LogP) is 2.24. The number of piperazine rings is 1. The number of likely N-dealkylation sites (N-methyl/N-ethyl adjacent to an activating group) is 1. The summed E-state index contributed by atoms with van der Waals surface area (Å²) in [5.74, 6) is 1.38. The van der Waals surface area contributed by atoms with Gasteiger partial charge < -0.3 is 30.1 Å². The highest BCUT2D eigenvalue weighted by molar-refractivity contribution is 5.73. The lowest BCUT2D eigenvalue weighted by molar-refractivity contribution is 0.135. The maximum Gasteiger partial charge on any atom is 0.314 e. The zero-order valence-corrected chi connectivity index (χ0v) is 18.7. The molecule has 0 aromatic heterocycles. The summed E-state index contributed by atoms with van der Waals surface area (Å²) in [5.41, 5.74) is 1.19. The molecule has 1 aromatic rings. The zero-order chi connectivity index (χ0) is 21.2. The monoisotopic (exact) mass is 417 g/mol. The molecule has 2 aliphatic heterocycles. The maximum atomic E-state index is 12.1. The van der Waals surface area contributed by atoms with Crippen LogP contribution in [0, 0.1) is 5.92 Å². The fourth-order valence-corrected chi connectivity index (χ4v) is 4.33. The number of hydrogen-bond donors (Lipinski definition) is 2. The van der Waals surface area contributed by atoms with Gasteiger partial charge in [0.05, 0.1) is 7.11 Å². The number of nitrogens with zero attached hydrogens (tertiary/aromatic N) is 3. The molecule has 168 valence electrons. The number of urea groups is 1. The van der Waals surface area contributed by atoms with E-state index in [1.54, 1.807) is 7.11 Å². The first kappa shape index (κ1) is 22.7. The van der Waals surface area contributed by atoms with Crippen LogP contribution in [0.25, 0.3) is 0 Å². The highest BCUT2D eigenvalue weighted by Crippen LogP contribution is 2.26. The fourth-order valence-electron chi connectivity index (χ4n) is 4.33. The van der Waals surface area contributed by atoms with Crippen molar-refractivity contribution in [2.45, 2.75) is 26.2 Å². The number of nitrogens with one attached hydrogen (secondary N) is 2. The Morgan fingerprint density at radius 2 is 1.90 bits per heavy atom. The molecule has 2 saturated heterocycles. The number of carbonyl (C=O) groups is 1. The Morgan fingerprint density at radius 1 is 1.10 bits per heavy atom. The van der Waals surface area contributed by atoms with E-state index >= 15 is 0 Å². The topological polar surface area (TPSA) is 60.1 Å². The summed E-state index contributed by atoms with van der Waals surface area (Å²) in [4.78, 5) is 19.5. The Bertz CT molecular complexity index is 648. The fraction of sp³-hybridized carbons (Fsp3) is 0.696. The average molecular weight is 418 g/mol. The standard InChI is InChI=1S/C23H39N5O2/c1-3-26-13-15-27(16-14-26)11-5-4-10-24-23(29)25-18-20-9-12-28(19-20)21-7-6-8-22(17-21)30-2/h6-8,17,20H,3-5,9-16,18-19H2,1-2H3,(H2,24,25,29). The molecule has 0 bridgehead atoms. The lowest BCUT2D eigenvalue weighted by atomic mass is 10.1. The molecule has 2 heterocycles. The molecular formula is C23H39N5O2. The van der Waals surface area contributed by atoms with Crippen molar-refractivity contribution in [3.8, 4) is 5.75 Å². The summed E-state index contributed by atoms with van der Waals surface area (Å²) < 4.78 is 5.32. The highest BCUT2D eigenvalue weighted by Gasteiger charge is 2.23. The van der Waals surface area contributed by atoms with Gasteiger partial charge in [0.25, 0.3) is 0 Å². The second-order valence-corrected chi connectivity index (χ2v) is 8.42. The summed E-state index contributed by atoms with van der Waals surface area (Å²) in [6.45, 7) is 12.7. The minimum Gasteiger partial charge on any atom is -0.497 e. The van der Waals surface area contributed by atoms with Crippen molar-refractivity contribution in [3.05, 3.63) is 24.3 Å². The Morgan fingerprint density at radius 3 is 2.67 bits per heavy atom. The first-order chi connectivity index (χ1) is 14.7. The van der Waals surface area contributed by atoms with Crippen LogP contribution in [-0.4, -0.2) is 88.4 Å². The summed E-state index contributed by atoms with van der Waals surface area (Å²) in [5, 5.41) is 6.06. The van der Waals surface area contributed by atoms with Crippen LogP contribution in [0.15, 0.2) is 24.3 Å². The van der Waals surface area contributed by atoms with Crippen LogP contribution in [0.5, 0.6) is 5.75 Å². The summed E-state index contributed by atoms with van der Waals surface area (Å²) in [7, 11) is 1.70. The van der Waals surface area contributed by atoms with Gasteiger partial charge in [-0.15, -0.1) is 0 Å². The van der Waals surface area contributed by atoms with Crippen molar-refractivity contribution in [2.75, 3.05) is 77.5 Å². The molecule has 7 heteroatoms. The van der Waals surface area contributed by atoms with Gasteiger partial charge in [0.2, 0.25) is 0 Å². The largest absolute Gasteiger partial charge is 0.497 e. The van der Waals surface area contributed by atoms with Crippen LogP contribution < -0.4 is 20.3 Å². The molecule has 0 aliphatic carbocycles. The number of unbranched alkanes of at least 4 members (excludes halogenated alkanes) is 1. The minimum absolute atomic E-state index is 0.0357. The number of benzene rings is 1. The first-order valence-electron chi connectivity index (χ1n) is 11.5. The Labute approximate surface area is 181 Å². The van der Waals surface area contributed by atoms with E-state index in [-0.39, 0.29) is 6.03 Å². The van der Waals surface area contributed by atoms with Gasteiger partial charge in [-0.05, 0) is 50.4 Å². The third-order valence-corrected chi connectivity index (χ3v) is 6.35. The number of rotatable bonds is 10. The third-order valence-electron chi connectivity index (χ3n) is 6.35. The number of carbonyl (C=O) groups excluding carboxylic acids is 1. The van der Waals surface area contributed by atoms with Gasteiger partial charge in [0, 0.05) is 64.1 Å². The highest BCUT2D eigenvalue weighted by atomic mass is 16.5. The van der Waals surface area contributed by atoms with E-state index in [9.17, 15) is 4.79 Å². The Hall–Kier alpha value is -1.99. The van der Waals surface area contributed by atoms with Gasteiger partial charge in [-0.2, -0.15) is 0 Å². The Balaban J connectivity index is 1.23. The molecule has 7 nitrogen and oxygen atoms in total. The summed E-state index contributed by atoms with van der Waals surface area (Å²) >= 11 is 0. The van der Waals surface area contributed by atoms with Crippen LogP contribution in [0.4, 0.5) is 10.5 Å². The number of amides is 2. The summed E-state index contributed by atoms with van der Waals surface area (Å²) in [6, 6.07) is 8.15. The van der Waals surface area contributed by atoms with Crippen LogP contribution >= 0.6 is 0 Å². The number of methoxy groups -OCH3 is 1. The molecule has 2 aliphatic rings. The molecular weight excluding hydrogens is 378 g/mol. The third kappa shape index (κ3) is 7.06. The SMILES string of the molecule is CCN1CCN(CCCCNC(=O)NCC2CCN(c3cccc(OC)c3)C2)CC1. The molecule has 1 unspecified atom stereocenters. The normalized spacial score (nSPS) is 20.3. The van der Waals surface area contributed by atoms with Crippen molar-refractivity contribution in [1.82, 2.24) is 20.4 Å². The van der Waals surface area contributed by atoms with Crippen molar-refractivity contribution in [1.29, 1.82) is 0 Å². The van der Waals surface area contributed by atoms with Gasteiger partial charge in [-0.25, -0.2) is 4.79 Å². The van der Waals surface area contributed by atoms with E-state index in [0.29, 0.717) is 5.92 Å².